The van der Waals surface area contributed by atoms with Crippen LogP contribution < -0.4 is 10.1 Å². The molecule has 0 aromatic heterocycles. The van der Waals surface area contributed by atoms with Crippen molar-refractivity contribution in [2.24, 2.45) is 5.11 Å². The van der Waals surface area contributed by atoms with Crippen LogP contribution in [0.1, 0.15) is 60.4 Å². The Kier molecular flexibility index (Phi) is 9.45. The predicted molar refractivity (Wildman–Crippen MR) is 159 cm³/mol. The topological polar surface area (TPSA) is 121 Å². The Labute approximate surface area is 242 Å². The summed E-state index contributed by atoms with van der Waals surface area (Å²) < 4.78 is 40.5. The van der Waals surface area contributed by atoms with E-state index in [-0.39, 0.29) is 49.0 Å². The van der Waals surface area contributed by atoms with Crippen molar-refractivity contribution in [3.8, 4) is 5.75 Å². The smallest absolute Gasteiger partial charge is 0.306 e. The van der Waals surface area contributed by atoms with Gasteiger partial charge in [-0.15, -0.1) is 0 Å². The number of sulfonamides is 1. The number of nitrogens with one attached hydrogen (secondary N) is 2. The van der Waals surface area contributed by atoms with Crippen LogP contribution in [0.2, 0.25) is 0 Å². The average Bonchev–Trinajstić information content (AvgIpc) is 3.06. The van der Waals surface area contributed by atoms with Gasteiger partial charge in [0.05, 0.1) is 25.3 Å². The molecule has 0 fully saturated rings. The lowest BCUT2D eigenvalue weighted by molar-refractivity contribution is -0.143. The number of hydrogen-bond donors (Lipinski definition) is 2. The number of aryl methyl sites for hydroxylation is 1. The van der Waals surface area contributed by atoms with Gasteiger partial charge < -0.3 is 14.8 Å². The molecule has 9 nitrogen and oxygen atoms in total. The maximum Gasteiger partial charge on any atom is 0.306 e. The molecule has 2 atom stereocenters. The first kappa shape index (κ1) is 30.2. The van der Waals surface area contributed by atoms with E-state index < -0.39 is 10.0 Å². The Hall–Kier alpha value is -3.76. The minimum Gasteiger partial charge on any atom is -0.488 e. The lowest BCUT2D eigenvalue weighted by atomic mass is 9.84. The number of ether oxygens (including phenoxy) is 2. The van der Waals surface area contributed by atoms with E-state index in [0.717, 1.165) is 33.5 Å². The van der Waals surface area contributed by atoms with Crippen molar-refractivity contribution in [3.05, 3.63) is 82.4 Å². The highest BCUT2D eigenvalue weighted by molar-refractivity contribution is 7.89. The molecule has 3 aromatic rings. The fraction of sp³-hybridized carbons (Fsp3) is 0.387. The molecule has 0 bridgehead atoms. The molecule has 218 valence electrons. The van der Waals surface area contributed by atoms with Gasteiger partial charge in [0.2, 0.25) is 10.0 Å². The Morgan fingerprint density at radius 2 is 1.93 bits per heavy atom. The minimum absolute atomic E-state index is 0.0919. The molecule has 0 saturated carbocycles. The first-order valence-electron chi connectivity index (χ1n) is 13.8. The molecule has 1 heterocycles. The number of para-hydroxylation sites is 1. The van der Waals surface area contributed by atoms with Crippen molar-refractivity contribution >= 4 is 27.4 Å². The van der Waals surface area contributed by atoms with Crippen molar-refractivity contribution in [1.82, 2.24) is 4.31 Å². The molecule has 10 heteroatoms. The number of rotatable bonds is 10. The standard InChI is InChI=1S/C31H38N4O5S/c1-6-24-19-35(41(37,38)29-11-9-8-10-28(29)40-24)18-23-16-22(13-12-20(23)3)26(17-30(36)39-7-2)25-14-15-27(33-5)31(34-32)21(25)4/h8-16,24,26,32-33H,6-7,17-19H2,1-5H3/t24-,26?/m1/s1. The van der Waals surface area contributed by atoms with Gasteiger partial charge in [-0.1, -0.05) is 43.3 Å². The molecule has 0 aliphatic carbocycles. The van der Waals surface area contributed by atoms with E-state index in [9.17, 15) is 13.2 Å². The van der Waals surface area contributed by atoms with E-state index in [1.165, 1.54) is 4.31 Å². The van der Waals surface area contributed by atoms with Crippen LogP contribution >= 0.6 is 0 Å². The van der Waals surface area contributed by atoms with Gasteiger partial charge in [-0.2, -0.15) is 9.42 Å². The molecule has 4 rings (SSSR count). The van der Waals surface area contributed by atoms with Crippen LogP contribution in [-0.4, -0.2) is 45.0 Å². The summed E-state index contributed by atoms with van der Waals surface area (Å²) in [6.45, 7) is 8.25. The highest BCUT2D eigenvalue weighted by Gasteiger charge is 2.34. The lowest BCUT2D eigenvalue weighted by Crippen LogP contribution is -2.36. The van der Waals surface area contributed by atoms with Gasteiger partial charge in [0.25, 0.3) is 0 Å². The second kappa shape index (κ2) is 12.8. The number of carbonyl (C=O) groups is 1. The minimum atomic E-state index is -3.82. The van der Waals surface area contributed by atoms with E-state index in [0.29, 0.717) is 17.9 Å². The Morgan fingerprint density at radius 1 is 1.17 bits per heavy atom. The number of esters is 1. The Balaban J connectivity index is 1.78. The fourth-order valence-corrected chi connectivity index (χ4v) is 6.88. The first-order chi connectivity index (χ1) is 19.6. The Morgan fingerprint density at radius 3 is 2.61 bits per heavy atom. The molecule has 0 amide bonds. The van der Waals surface area contributed by atoms with Crippen LogP contribution in [0.5, 0.6) is 5.75 Å². The predicted octanol–water partition coefficient (Wildman–Crippen LogP) is 6.45. The highest BCUT2D eigenvalue weighted by atomic mass is 32.2. The summed E-state index contributed by atoms with van der Waals surface area (Å²) in [7, 11) is -2.05. The third kappa shape index (κ3) is 6.28. The quantitative estimate of drug-likeness (QED) is 0.211. The first-order valence-corrected chi connectivity index (χ1v) is 15.3. The van der Waals surface area contributed by atoms with Gasteiger partial charge in [-0.3, -0.25) is 4.79 Å². The number of carbonyl (C=O) groups excluding carboxylic acids is 1. The molecule has 1 aliphatic heterocycles. The molecule has 0 spiro atoms. The van der Waals surface area contributed by atoms with Crippen LogP contribution in [0, 0.1) is 19.4 Å². The van der Waals surface area contributed by atoms with Gasteiger partial charge >= 0.3 is 5.97 Å². The van der Waals surface area contributed by atoms with Gasteiger partial charge in [0.1, 0.15) is 22.4 Å². The zero-order valence-corrected chi connectivity index (χ0v) is 25.0. The molecule has 41 heavy (non-hydrogen) atoms. The average molecular weight is 579 g/mol. The van der Waals surface area contributed by atoms with Crippen molar-refractivity contribution in [2.45, 2.75) is 64.0 Å². The lowest BCUT2D eigenvalue weighted by Gasteiger charge is -2.25. The second-order valence-electron chi connectivity index (χ2n) is 10.2. The van der Waals surface area contributed by atoms with Crippen LogP contribution in [0.4, 0.5) is 11.4 Å². The SMILES string of the molecule is CCOC(=O)CC(c1ccc(C)c(CN2C[C@@H](CC)Oc3ccccc3S2(=O)=O)c1)c1ccc(NC)c(N=N)c1C. The monoisotopic (exact) mass is 578 g/mol. The van der Waals surface area contributed by atoms with Crippen LogP contribution in [0.3, 0.4) is 0 Å². The van der Waals surface area contributed by atoms with Crippen LogP contribution in [0.15, 0.2) is 64.6 Å². The van der Waals surface area contributed by atoms with E-state index in [1.54, 1.807) is 38.2 Å². The molecule has 0 radical (unpaired) electrons. The molecule has 1 aliphatic rings. The summed E-state index contributed by atoms with van der Waals surface area (Å²) in [5.74, 6) is -0.346. The largest absolute Gasteiger partial charge is 0.488 e. The van der Waals surface area contributed by atoms with E-state index in [2.05, 4.69) is 10.4 Å². The molecule has 0 saturated heterocycles. The maximum absolute atomic E-state index is 13.8. The second-order valence-corrected chi connectivity index (χ2v) is 12.1. The molecule has 2 N–H and O–H groups in total. The number of hydrogen-bond acceptors (Lipinski definition) is 8. The zero-order chi connectivity index (χ0) is 29.7. The summed E-state index contributed by atoms with van der Waals surface area (Å²) in [4.78, 5) is 12.9. The van der Waals surface area contributed by atoms with Crippen molar-refractivity contribution in [2.75, 3.05) is 25.5 Å². The van der Waals surface area contributed by atoms with E-state index in [4.69, 9.17) is 15.0 Å². The number of nitrogens with zero attached hydrogens (tertiary/aromatic N) is 2. The van der Waals surface area contributed by atoms with Crippen LogP contribution in [0.25, 0.3) is 0 Å². The summed E-state index contributed by atoms with van der Waals surface area (Å²) in [6, 6.07) is 16.5. The summed E-state index contributed by atoms with van der Waals surface area (Å²) in [5, 5.41) is 6.81. The maximum atomic E-state index is 13.8. The van der Waals surface area contributed by atoms with Crippen molar-refractivity contribution in [1.29, 1.82) is 5.53 Å². The summed E-state index contributed by atoms with van der Waals surface area (Å²) in [6.07, 6.45) is 0.467. The van der Waals surface area contributed by atoms with E-state index >= 15 is 0 Å². The number of fused-ring (bicyclic) bond motifs is 1. The Bertz CT molecular complexity index is 1540. The third-order valence-electron chi connectivity index (χ3n) is 7.65. The fourth-order valence-electron chi connectivity index (χ4n) is 5.31. The van der Waals surface area contributed by atoms with E-state index in [1.807, 2.05) is 51.1 Å². The molecule has 3 aromatic carbocycles. The third-order valence-corrected chi connectivity index (χ3v) is 9.50. The van der Waals surface area contributed by atoms with Crippen molar-refractivity contribution in [3.63, 3.8) is 0 Å². The zero-order valence-electron chi connectivity index (χ0n) is 24.2. The van der Waals surface area contributed by atoms with Gasteiger partial charge in [0, 0.05) is 19.5 Å². The summed E-state index contributed by atoms with van der Waals surface area (Å²) in [5.41, 5.74) is 13.2. The summed E-state index contributed by atoms with van der Waals surface area (Å²) >= 11 is 0. The number of anilines is 1. The number of benzene rings is 3. The highest BCUT2D eigenvalue weighted by Crippen LogP contribution is 2.39. The van der Waals surface area contributed by atoms with Gasteiger partial charge in [-0.05, 0) is 73.2 Å². The van der Waals surface area contributed by atoms with Crippen LogP contribution in [-0.2, 0) is 26.1 Å². The molecule has 1 unspecified atom stereocenters. The molecular weight excluding hydrogens is 540 g/mol. The van der Waals surface area contributed by atoms with Gasteiger partial charge in [0.15, 0.2) is 0 Å². The van der Waals surface area contributed by atoms with Gasteiger partial charge in [-0.25, -0.2) is 13.9 Å². The normalized spacial score (nSPS) is 17.0. The molecular formula is C31H38N4O5S. The van der Waals surface area contributed by atoms with Crippen molar-refractivity contribution < 1.29 is 22.7 Å².